The summed E-state index contributed by atoms with van der Waals surface area (Å²) in [7, 11) is 0. The summed E-state index contributed by atoms with van der Waals surface area (Å²) >= 11 is 0. The van der Waals surface area contributed by atoms with Gasteiger partial charge in [0.15, 0.2) is 0 Å². The van der Waals surface area contributed by atoms with Gasteiger partial charge >= 0.3 is 6.03 Å². The monoisotopic (exact) mass is 340 g/mol. The van der Waals surface area contributed by atoms with Crippen LogP contribution in [0.3, 0.4) is 0 Å². The first-order valence-electron chi connectivity index (χ1n) is 8.56. The van der Waals surface area contributed by atoms with Crippen molar-refractivity contribution in [2.75, 3.05) is 39.3 Å². The standard InChI is InChI=1S/C15H28N6O3/c1-11(10-22)13-19-20-14(24-13)12(4-2-3-5-16)18-15(23)21-8-6-17-7-9-21/h11-12,17,22H,2-10,16H2,1H3,(H,18,23)/t11-,12-/m0/s1. The number of nitrogens with one attached hydrogen (secondary N) is 2. The third-order valence-electron chi connectivity index (χ3n) is 4.10. The van der Waals surface area contributed by atoms with Gasteiger partial charge in [-0.25, -0.2) is 4.79 Å². The average Bonchev–Trinajstić information content (AvgIpc) is 3.11. The fourth-order valence-electron chi connectivity index (χ4n) is 2.52. The molecule has 1 aliphatic rings. The number of rotatable bonds is 8. The summed E-state index contributed by atoms with van der Waals surface area (Å²) in [5.74, 6) is 0.540. The first-order chi connectivity index (χ1) is 11.7. The summed E-state index contributed by atoms with van der Waals surface area (Å²) in [5.41, 5.74) is 5.55. The Kier molecular flexibility index (Phi) is 7.41. The molecule has 24 heavy (non-hydrogen) atoms. The van der Waals surface area contributed by atoms with E-state index in [1.807, 2.05) is 0 Å². The first-order valence-corrected chi connectivity index (χ1v) is 8.56. The van der Waals surface area contributed by atoms with Crippen LogP contribution in [0.25, 0.3) is 0 Å². The van der Waals surface area contributed by atoms with Crippen LogP contribution in [0.15, 0.2) is 4.42 Å². The normalized spacial score (nSPS) is 17.5. The van der Waals surface area contributed by atoms with E-state index in [4.69, 9.17) is 10.2 Å². The van der Waals surface area contributed by atoms with Crippen LogP contribution in [-0.2, 0) is 0 Å². The zero-order valence-corrected chi connectivity index (χ0v) is 14.2. The number of nitrogens with zero attached hydrogens (tertiary/aromatic N) is 3. The molecular formula is C15H28N6O3. The highest BCUT2D eigenvalue weighted by Gasteiger charge is 2.25. The lowest BCUT2D eigenvalue weighted by Crippen LogP contribution is -2.50. The number of urea groups is 1. The molecule has 2 atom stereocenters. The molecule has 9 heteroatoms. The molecule has 1 aromatic heterocycles. The van der Waals surface area contributed by atoms with Gasteiger partial charge < -0.3 is 30.8 Å². The molecule has 0 aromatic carbocycles. The van der Waals surface area contributed by atoms with Crippen molar-refractivity contribution < 1.29 is 14.3 Å². The number of hydrogen-bond donors (Lipinski definition) is 4. The van der Waals surface area contributed by atoms with Gasteiger partial charge in [0.2, 0.25) is 11.8 Å². The predicted molar refractivity (Wildman–Crippen MR) is 88.4 cm³/mol. The molecule has 0 unspecified atom stereocenters. The van der Waals surface area contributed by atoms with Gasteiger partial charge in [-0.05, 0) is 25.8 Å². The van der Waals surface area contributed by atoms with Crippen LogP contribution in [0.5, 0.6) is 0 Å². The van der Waals surface area contributed by atoms with E-state index in [0.717, 1.165) is 25.9 Å². The minimum atomic E-state index is -0.342. The van der Waals surface area contributed by atoms with Crippen molar-refractivity contribution >= 4 is 6.03 Å². The van der Waals surface area contributed by atoms with E-state index in [1.54, 1.807) is 11.8 Å². The predicted octanol–water partition coefficient (Wildman–Crippen LogP) is -0.0497. The molecule has 0 saturated carbocycles. The lowest BCUT2D eigenvalue weighted by Gasteiger charge is -2.29. The number of aliphatic hydroxyl groups excluding tert-OH is 1. The van der Waals surface area contributed by atoms with Gasteiger partial charge in [-0.1, -0.05) is 6.92 Å². The van der Waals surface area contributed by atoms with Crippen molar-refractivity contribution in [2.45, 2.75) is 38.1 Å². The Morgan fingerprint density at radius 2 is 2.08 bits per heavy atom. The number of carbonyl (C=O) groups excluding carboxylic acids is 1. The second kappa shape index (κ2) is 9.55. The molecule has 0 aliphatic carbocycles. The Balaban J connectivity index is 2.02. The zero-order valence-electron chi connectivity index (χ0n) is 14.2. The maximum absolute atomic E-state index is 12.4. The number of hydrogen-bond acceptors (Lipinski definition) is 7. The van der Waals surface area contributed by atoms with Gasteiger partial charge in [0, 0.05) is 26.2 Å². The van der Waals surface area contributed by atoms with Crippen LogP contribution in [0.1, 0.15) is 49.9 Å². The van der Waals surface area contributed by atoms with Gasteiger partial charge in [0.05, 0.1) is 12.5 Å². The van der Waals surface area contributed by atoms with Crippen LogP contribution in [-0.4, -0.2) is 65.6 Å². The van der Waals surface area contributed by atoms with Gasteiger partial charge in [-0.15, -0.1) is 10.2 Å². The number of piperazine rings is 1. The van der Waals surface area contributed by atoms with Crippen LogP contribution in [0.2, 0.25) is 0 Å². The molecule has 1 saturated heterocycles. The van der Waals surface area contributed by atoms with Gasteiger partial charge in [-0.2, -0.15) is 0 Å². The van der Waals surface area contributed by atoms with Crippen molar-refractivity contribution in [1.29, 1.82) is 0 Å². The highest BCUT2D eigenvalue weighted by molar-refractivity contribution is 5.74. The molecular weight excluding hydrogens is 312 g/mol. The maximum Gasteiger partial charge on any atom is 0.318 e. The fraction of sp³-hybridized carbons (Fsp3) is 0.800. The minimum absolute atomic E-state index is 0.0629. The molecule has 0 radical (unpaired) electrons. The molecule has 5 N–H and O–H groups in total. The molecule has 1 aromatic rings. The number of amides is 2. The molecule has 0 bridgehead atoms. The van der Waals surface area contributed by atoms with Crippen LogP contribution >= 0.6 is 0 Å². The van der Waals surface area contributed by atoms with E-state index in [0.29, 0.717) is 37.8 Å². The van der Waals surface area contributed by atoms with Crippen LogP contribution in [0.4, 0.5) is 4.79 Å². The number of nitrogens with two attached hydrogens (primary N) is 1. The largest absolute Gasteiger partial charge is 0.423 e. The smallest absolute Gasteiger partial charge is 0.318 e. The van der Waals surface area contributed by atoms with E-state index in [1.165, 1.54) is 0 Å². The van der Waals surface area contributed by atoms with Crippen LogP contribution in [0, 0.1) is 0 Å². The van der Waals surface area contributed by atoms with Crippen molar-refractivity contribution in [2.24, 2.45) is 5.73 Å². The van der Waals surface area contributed by atoms with E-state index >= 15 is 0 Å². The third kappa shape index (κ3) is 5.15. The third-order valence-corrected chi connectivity index (χ3v) is 4.10. The van der Waals surface area contributed by atoms with Gasteiger partial charge in [0.25, 0.3) is 0 Å². The molecule has 2 rings (SSSR count). The van der Waals surface area contributed by atoms with Crippen molar-refractivity contribution in [3.05, 3.63) is 11.8 Å². The van der Waals surface area contributed by atoms with Crippen LogP contribution < -0.4 is 16.4 Å². The lowest BCUT2D eigenvalue weighted by atomic mass is 10.1. The Bertz CT molecular complexity index is 503. The van der Waals surface area contributed by atoms with Crippen molar-refractivity contribution in [3.63, 3.8) is 0 Å². The summed E-state index contributed by atoms with van der Waals surface area (Å²) in [6.07, 6.45) is 2.41. The van der Waals surface area contributed by atoms with Gasteiger partial charge in [0.1, 0.15) is 6.04 Å². The molecule has 136 valence electrons. The molecule has 2 amide bonds. The maximum atomic E-state index is 12.4. The molecule has 0 spiro atoms. The summed E-state index contributed by atoms with van der Waals surface area (Å²) < 4.78 is 5.66. The zero-order chi connectivity index (χ0) is 17.4. The minimum Gasteiger partial charge on any atom is -0.423 e. The van der Waals surface area contributed by atoms with Crippen molar-refractivity contribution in [3.8, 4) is 0 Å². The average molecular weight is 340 g/mol. The molecule has 1 aliphatic heterocycles. The summed E-state index contributed by atoms with van der Waals surface area (Å²) in [6.45, 7) is 5.30. The summed E-state index contributed by atoms with van der Waals surface area (Å²) in [4.78, 5) is 14.2. The lowest BCUT2D eigenvalue weighted by molar-refractivity contribution is 0.182. The summed E-state index contributed by atoms with van der Waals surface area (Å²) in [6, 6.07) is -0.463. The van der Waals surface area contributed by atoms with E-state index in [-0.39, 0.29) is 24.6 Å². The first kappa shape index (κ1) is 18.6. The van der Waals surface area contributed by atoms with Crippen molar-refractivity contribution in [1.82, 2.24) is 25.7 Å². The quantitative estimate of drug-likeness (QED) is 0.488. The highest BCUT2D eigenvalue weighted by atomic mass is 16.4. The Labute approximate surface area is 142 Å². The van der Waals surface area contributed by atoms with E-state index in [2.05, 4.69) is 20.8 Å². The Morgan fingerprint density at radius 1 is 1.38 bits per heavy atom. The highest BCUT2D eigenvalue weighted by Crippen LogP contribution is 2.21. The fourth-order valence-corrected chi connectivity index (χ4v) is 2.52. The molecule has 9 nitrogen and oxygen atoms in total. The second-order valence-corrected chi connectivity index (χ2v) is 6.09. The Morgan fingerprint density at radius 3 is 2.75 bits per heavy atom. The number of aromatic nitrogens is 2. The Hall–Kier alpha value is -1.71. The topological polar surface area (TPSA) is 130 Å². The number of aliphatic hydroxyl groups is 1. The van der Waals surface area contributed by atoms with Gasteiger partial charge in [-0.3, -0.25) is 0 Å². The SMILES string of the molecule is C[C@@H](CO)c1nnc([C@H](CCCCN)NC(=O)N2CCNCC2)o1. The number of carbonyl (C=O) groups is 1. The van der Waals surface area contributed by atoms with E-state index in [9.17, 15) is 9.90 Å². The molecule has 1 fully saturated rings. The summed E-state index contributed by atoms with van der Waals surface area (Å²) in [5, 5.41) is 23.4. The number of unbranched alkanes of at least 4 members (excludes halogenated alkanes) is 1. The molecule has 2 heterocycles. The van der Waals surface area contributed by atoms with E-state index < -0.39 is 0 Å². The second-order valence-electron chi connectivity index (χ2n) is 6.09.